The van der Waals surface area contributed by atoms with E-state index < -0.39 is 5.54 Å². The van der Waals surface area contributed by atoms with Gasteiger partial charge in [0.05, 0.1) is 42.3 Å². The van der Waals surface area contributed by atoms with Gasteiger partial charge < -0.3 is 25.0 Å². The molecule has 0 saturated heterocycles. The standard InChI is InChI=1S/C35H41Cl2N3O4/c1-34(2,20-41)18-17-22-13-15-28(39-32(22)43-5)26-11-7-9-24(30(26)36)25-10-8-12-27(31(25)37)29-16-14-23(33(40-29)44-6)19-38-35(3,4)21-42/h7-16,38,41-42H,17-21H2,1-6H3. The van der Waals surface area contributed by atoms with Crippen LogP contribution in [0.25, 0.3) is 33.6 Å². The molecule has 4 rings (SSSR count). The average Bonchev–Trinajstić information content (AvgIpc) is 3.03. The van der Waals surface area contributed by atoms with E-state index in [0.717, 1.165) is 46.2 Å². The zero-order valence-corrected chi connectivity index (χ0v) is 27.7. The second-order valence-corrected chi connectivity index (χ2v) is 13.0. The van der Waals surface area contributed by atoms with Gasteiger partial charge in [-0.2, -0.15) is 0 Å². The number of aryl methyl sites for hydroxylation is 1. The van der Waals surface area contributed by atoms with Crippen LogP contribution in [0.2, 0.25) is 10.0 Å². The Morgan fingerprint density at radius 1 is 0.682 bits per heavy atom. The van der Waals surface area contributed by atoms with Crippen molar-refractivity contribution in [2.45, 2.75) is 52.6 Å². The van der Waals surface area contributed by atoms with Crippen molar-refractivity contribution in [3.63, 3.8) is 0 Å². The highest BCUT2D eigenvalue weighted by atomic mass is 35.5. The molecule has 0 spiro atoms. The first-order chi connectivity index (χ1) is 20.9. The van der Waals surface area contributed by atoms with E-state index in [1.807, 2.05) is 88.4 Å². The van der Waals surface area contributed by atoms with Crippen LogP contribution in [0, 0.1) is 5.41 Å². The molecule has 0 saturated carbocycles. The highest BCUT2D eigenvalue weighted by Gasteiger charge is 2.21. The summed E-state index contributed by atoms with van der Waals surface area (Å²) in [6.45, 7) is 8.53. The lowest BCUT2D eigenvalue weighted by Crippen LogP contribution is -2.42. The van der Waals surface area contributed by atoms with Crippen molar-refractivity contribution in [1.29, 1.82) is 0 Å². The molecular weight excluding hydrogens is 597 g/mol. The van der Waals surface area contributed by atoms with Gasteiger partial charge in [-0.15, -0.1) is 0 Å². The summed E-state index contributed by atoms with van der Waals surface area (Å²) in [5, 5.41) is 23.6. The molecule has 7 nitrogen and oxygen atoms in total. The first-order valence-electron chi connectivity index (χ1n) is 14.6. The Balaban J connectivity index is 1.67. The minimum Gasteiger partial charge on any atom is -0.481 e. The molecule has 0 atom stereocenters. The van der Waals surface area contributed by atoms with Crippen LogP contribution in [-0.4, -0.2) is 53.2 Å². The normalized spacial score (nSPS) is 12.0. The van der Waals surface area contributed by atoms with Gasteiger partial charge in [-0.3, -0.25) is 0 Å². The number of benzene rings is 2. The van der Waals surface area contributed by atoms with E-state index in [-0.39, 0.29) is 18.6 Å². The Morgan fingerprint density at radius 3 is 1.64 bits per heavy atom. The molecule has 44 heavy (non-hydrogen) atoms. The third kappa shape index (κ3) is 7.71. The molecule has 0 bridgehead atoms. The van der Waals surface area contributed by atoms with Crippen LogP contribution < -0.4 is 14.8 Å². The summed E-state index contributed by atoms with van der Waals surface area (Å²) in [4.78, 5) is 9.54. The number of nitrogens with one attached hydrogen (secondary N) is 1. The summed E-state index contributed by atoms with van der Waals surface area (Å²) < 4.78 is 11.2. The van der Waals surface area contributed by atoms with E-state index in [1.165, 1.54) is 0 Å². The summed E-state index contributed by atoms with van der Waals surface area (Å²) in [5.41, 5.74) is 5.61. The predicted octanol–water partition coefficient (Wildman–Crippen LogP) is 7.61. The number of hydrogen-bond acceptors (Lipinski definition) is 7. The zero-order valence-electron chi connectivity index (χ0n) is 26.2. The summed E-state index contributed by atoms with van der Waals surface area (Å²) in [6.07, 6.45) is 1.53. The van der Waals surface area contributed by atoms with Crippen LogP contribution in [0.15, 0.2) is 60.7 Å². The van der Waals surface area contributed by atoms with Crippen molar-refractivity contribution < 1.29 is 19.7 Å². The van der Waals surface area contributed by atoms with Gasteiger partial charge in [0, 0.05) is 52.1 Å². The van der Waals surface area contributed by atoms with E-state index >= 15 is 0 Å². The summed E-state index contributed by atoms with van der Waals surface area (Å²) in [7, 11) is 3.19. The Kier molecular flexibility index (Phi) is 10.9. The minimum absolute atomic E-state index is 0.00577. The number of pyridine rings is 2. The quantitative estimate of drug-likeness (QED) is 0.139. The molecule has 0 radical (unpaired) electrons. The number of rotatable bonds is 13. The Labute approximate surface area is 270 Å². The fraction of sp³-hybridized carbons (Fsp3) is 0.371. The predicted molar refractivity (Wildman–Crippen MR) is 179 cm³/mol. The molecule has 2 aromatic heterocycles. The molecule has 4 aromatic rings. The number of ether oxygens (including phenoxy) is 2. The number of aliphatic hydroxyl groups is 2. The zero-order chi connectivity index (χ0) is 32.1. The van der Waals surface area contributed by atoms with Crippen molar-refractivity contribution in [2.75, 3.05) is 27.4 Å². The molecular formula is C35H41Cl2N3O4. The van der Waals surface area contributed by atoms with Crippen molar-refractivity contribution >= 4 is 23.2 Å². The summed E-state index contributed by atoms with van der Waals surface area (Å²) in [5.74, 6) is 1.02. The van der Waals surface area contributed by atoms with E-state index in [2.05, 4.69) is 5.32 Å². The van der Waals surface area contributed by atoms with Gasteiger partial charge in [0.25, 0.3) is 0 Å². The molecule has 0 fully saturated rings. The van der Waals surface area contributed by atoms with Crippen LogP contribution in [-0.2, 0) is 13.0 Å². The largest absolute Gasteiger partial charge is 0.481 e. The number of methoxy groups -OCH3 is 2. The first-order valence-corrected chi connectivity index (χ1v) is 15.3. The molecule has 0 aliphatic carbocycles. The second kappa shape index (κ2) is 14.3. The third-order valence-corrected chi connectivity index (χ3v) is 8.57. The molecule has 9 heteroatoms. The molecule has 0 aliphatic heterocycles. The maximum absolute atomic E-state index is 9.64. The van der Waals surface area contributed by atoms with Crippen LogP contribution in [0.1, 0.15) is 45.2 Å². The van der Waals surface area contributed by atoms with E-state index in [4.69, 9.17) is 42.6 Å². The van der Waals surface area contributed by atoms with Crippen molar-refractivity contribution in [1.82, 2.24) is 15.3 Å². The fourth-order valence-corrected chi connectivity index (χ4v) is 5.38. The average molecular weight is 639 g/mol. The summed E-state index contributed by atoms with van der Waals surface area (Å²) in [6, 6.07) is 19.4. The van der Waals surface area contributed by atoms with Crippen molar-refractivity contribution in [3.05, 3.63) is 81.8 Å². The van der Waals surface area contributed by atoms with Crippen LogP contribution >= 0.6 is 23.2 Å². The molecule has 3 N–H and O–H groups in total. The van der Waals surface area contributed by atoms with Gasteiger partial charge >= 0.3 is 0 Å². The van der Waals surface area contributed by atoms with E-state index in [0.29, 0.717) is 39.7 Å². The lowest BCUT2D eigenvalue weighted by Gasteiger charge is -2.24. The molecule has 2 aromatic carbocycles. The van der Waals surface area contributed by atoms with E-state index in [1.54, 1.807) is 14.2 Å². The topological polar surface area (TPSA) is 96.7 Å². The number of hydrogen-bond donors (Lipinski definition) is 3. The highest BCUT2D eigenvalue weighted by molar-refractivity contribution is 6.39. The Bertz CT molecular complexity index is 1490. The molecule has 0 unspecified atom stereocenters. The number of nitrogens with zero attached hydrogens (tertiary/aromatic N) is 2. The monoisotopic (exact) mass is 637 g/mol. The van der Waals surface area contributed by atoms with Crippen LogP contribution in [0.4, 0.5) is 0 Å². The second-order valence-electron chi connectivity index (χ2n) is 12.3. The minimum atomic E-state index is -0.435. The van der Waals surface area contributed by atoms with Gasteiger partial charge in [-0.1, -0.05) is 85.6 Å². The first kappa shape index (κ1) is 33.7. The fourth-order valence-electron chi connectivity index (χ4n) is 4.74. The van der Waals surface area contributed by atoms with Crippen LogP contribution in [0.5, 0.6) is 11.8 Å². The maximum atomic E-state index is 9.64. The Morgan fingerprint density at radius 2 is 1.16 bits per heavy atom. The molecule has 0 amide bonds. The smallest absolute Gasteiger partial charge is 0.218 e. The van der Waals surface area contributed by atoms with Gasteiger partial charge in [0.2, 0.25) is 11.8 Å². The molecule has 0 aliphatic rings. The van der Waals surface area contributed by atoms with Gasteiger partial charge in [0.15, 0.2) is 0 Å². The Hall–Kier alpha value is -3.20. The third-order valence-electron chi connectivity index (χ3n) is 7.76. The van der Waals surface area contributed by atoms with Gasteiger partial charge in [-0.05, 0) is 44.2 Å². The van der Waals surface area contributed by atoms with Crippen molar-refractivity contribution in [3.8, 4) is 45.4 Å². The summed E-state index contributed by atoms with van der Waals surface area (Å²) >= 11 is 14.1. The van der Waals surface area contributed by atoms with Gasteiger partial charge in [0.1, 0.15) is 0 Å². The lowest BCUT2D eigenvalue weighted by atomic mass is 9.87. The highest BCUT2D eigenvalue weighted by Crippen LogP contribution is 2.42. The number of halogens is 2. The molecule has 234 valence electrons. The number of aromatic nitrogens is 2. The van der Waals surface area contributed by atoms with Gasteiger partial charge in [-0.25, -0.2) is 9.97 Å². The number of aliphatic hydroxyl groups excluding tert-OH is 2. The molecule has 2 heterocycles. The SMILES string of the molecule is COc1nc(-c2cccc(-c3cccc(-c4ccc(CNC(C)(C)CO)c(OC)n4)c3Cl)c2Cl)ccc1CCC(C)(C)CO. The van der Waals surface area contributed by atoms with Crippen molar-refractivity contribution in [2.24, 2.45) is 5.41 Å². The van der Waals surface area contributed by atoms with E-state index in [9.17, 15) is 10.2 Å². The van der Waals surface area contributed by atoms with Crippen LogP contribution in [0.3, 0.4) is 0 Å². The lowest BCUT2D eigenvalue weighted by molar-refractivity contribution is 0.150. The maximum Gasteiger partial charge on any atom is 0.218 e.